The number of rotatable bonds is 1. The van der Waals surface area contributed by atoms with Crippen LogP contribution in [0.5, 0.6) is 5.75 Å². The van der Waals surface area contributed by atoms with E-state index in [1.54, 1.807) is 4.90 Å². The summed E-state index contributed by atoms with van der Waals surface area (Å²) in [4.78, 5) is 31.3. The topological polar surface area (TPSA) is 73.7 Å². The molecule has 19 heavy (non-hydrogen) atoms. The Hall–Kier alpha value is -2.11. The Kier molecular flexibility index (Phi) is 2.85. The van der Waals surface area contributed by atoms with Gasteiger partial charge in [0.05, 0.1) is 11.8 Å². The van der Waals surface area contributed by atoms with Crippen LogP contribution in [0, 0.1) is 0 Å². The summed E-state index contributed by atoms with van der Waals surface area (Å²) in [6, 6.07) is 1.57. The molecule has 0 aliphatic carbocycles. The third kappa shape index (κ3) is 2.14. The molecular weight excluding hydrogens is 246 g/mol. The molecule has 1 atom stereocenters. The fourth-order valence-corrected chi connectivity index (χ4v) is 2.78. The molecule has 2 fully saturated rings. The van der Waals surface area contributed by atoms with Gasteiger partial charge in [0.1, 0.15) is 5.75 Å². The van der Waals surface area contributed by atoms with Crippen molar-refractivity contribution in [3.63, 3.8) is 0 Å². The third-order valence-electron chi connectivity index (χ3n) is 3.75. The highest BCUT2D eigenvalue weighted by Crippen LogP contribution is 2.24. The lowest BCUT2D eigenvalue weighted by Crippen LogP contribution is -2.53. The van der Waals surface area contributed by atoms with Crippen LogP contribution in [0.15, 0.2) is 18.5 Å². The number of fused-ring (bicyclic) bond motifs is 1. The van der Waals surface area contributed by atoms with E-state index >= 15 is 0 Å². The van der Waals surface area contributed by atoms with E-state index in [4.69, 9.17) is 0 Å². The first-order valence-electron chi connectivity index (χ1n) is 6.38. The second-order valence-electron chi connectivity index (χ2n) is 4.96. The quantitative estimate of drug-likeness (QED) is 0.785. The van der Waals surface area contributed by atoms with Crippen molar-refractivity contribution < 1.29 is 14.7 Å². The molecule has 1 unspecified atom stereocenters. The lowest BCUT2D eigenvalue weighted by Gasteiger charge is -2.37. The molecule has 2 aliphatic rings. The summed E-state index contributed by atoms with van der Waals surface area (Å²) in [5.74, 6) is 0.0408. The average molecular weight is 261 g/mol. The van der Waals surface area contributed by atoms with Gasteiger partial charge in [0, 0.05) is 38.3 Å². The minimum absolute atomic E-state index is 0.0134. The highest BCUT2D eigenvalue weighted by atomic mass is 16.3. The molecule has 100 valence electrons. The van der Waals surface area contributed by atoms with E-state index in [0.29, 0.717) is 31.6 Å². The maximum Gasteiger partial charge on any atom is 0.255 e. The molecular formula is C13H15N3O3. The van der Waals surface area contributed by atoms with Gasteiger partial charge in [-0.1, -0.05) is 0 Å². The molecule has 1 aromatic heterocycles. The number of aromatic nitrogens is 1. The van der Waals surface area contributed by atoms with Crippen molar-refractivity contribution in [1.82, 2.24) is 14.8 Å². The summed E-state index contributed by atoms with van der Waals surface area (Å²) in [6.45, 7) is 1.71. The van der Waals surface area contributed by atoms with Crippen LogP contribution in [0.1, 0.15) is 23.2 Å². The number of carbonyl (C=O) groups excluding carboxylic acids is 2. The van der Waals surface area contributed by atoms with Crippen LogP contribution in [-0.4, -0.2) is 57.4 Å². The minimum atomic E-state index is -0.137. The number of pyridine rings is 1. The summed E-state index contributed by atoms with van der Waals surface area (Å²) in [6.07, 6.45) is 4.15. The number of piperazine rings is 1. The van der Waals surface area contributed by atoms with Crippen molar-refractivity contribution in [2.45, 2.75) is 18.9 Å². The minimum Gasteiger partial charge on any atom is -0.506 e. The molecule has 1 aromatic rings. The van der Waals surface area contributed by atoms with Gasteiger partial charge in [0.25, 0.3) is 5.91 Å². The van der Waals surface area contributed by atoms with Gasteiger partial charge in [-0.15, -0.1) is 0 Å². The van der Waals surface area contributed by atoms with Crippen LogP contribution in [0.4, 0.5) is 0 Å². The van der Waals surface area contributed by atoms with E-state index in [-0.39, 0.29) is 23.6 Å². The molecule has 6 heteroatoms. The smallest absolute Gasteiger partial charge is 0.255 e. The standard InChI is InChI=1S/C13H15N3O3/c17-11-5-9(6-14-7-11)13(19)15-3-4-16-10(8-15)1-2-12(16)18/h5-7,10,17H,1-4,8H2. The first-order valence-corrected chi connectivity index (χ1v) is 6.38. The Bertz CT molecular complexity index is 532. The normalized spacial score (nSPS) is 22.5. The molecule has 6 nitrogen and oxygen atoms in total. The first kappa shape index (κ1) is 12.0. The Morgan fingerprint density at radius 3 is 3.00 bits per heavy atom. The van der Waals surface area contributed by atoms with Crippen LogP contribution in [0.25, 0.3) is 0 Å². The fourth-order valence-electron chi connectivity index (χ4n) is 2.78. The molecule has 2 saturated heterocycles. The van der Waals surface area contributed by atoms with Gasteiger partial charge >= 0.3 is 0 Å². The molecule has 3 heterocycles. The van der Waals surface area contributed by atoms with E-state index in [1.165, 1.54) is 18.5 Å². The molecule has 0 saturated carbocycles. The number of amides is 2. The van der Waals surface area contributed by atoms with Gasteiger partial charge in [-0.2, -0.15) is 0 Å². The molecule has 0 aromatic carbocycles. The SMILES string of the molecule is O=C(c1cncc(O)c1)N1CCN2C(=O)CCC2C1. The number of aromatic hydroxyl groups is 1. The van der Waals surface area contributed by atoms with Crippen molar-refractivity contribution in [3.8, 4) is 5.75 Å². The van der Waals surface area contributed by atoms with Crippen LogP contribution in [0.3, 0.4) is 0 Å². The largest absolute Gasteiger partial charge is 0.506 e. The number of carbonyl (C=O) groups is 2. The van der Waals surface area contributed by atoms with Crippen LogP contribution in [-0.2, 0) is 4.79 Å². The van der Waals surface area contributed by atoms with Crippen molar-refractivity contribution in [2.75, 3.05) is 19.6 Å². The van der Waals surface area contributed by atoms with Gasteiger partial charge < -0.3 is 14.9 Å². The molecule has 1 N–H and O–H groups in total. The predicted molar refractivity (Wildman–Crippen MR) is 66.5 cm³/mol. The average Bonchev–Trinajstić information content (AvgIpc) is 2.79. The molecule has 0 bridgehead atoms. The van der Waals surface area contributed by atoms with E-state index in [0.717, 1.165) is 6.42 Å². The van der Waals surface area contributed by atoms with Crippen LogP contribution in [0.2, 0.25) is 0 Å². The second-order valence-corrected chi connectivity index (χ2v) is 4.96. The summed E-state index contributed by atoms with van der Waals surface area (Å²) >= 11 is 0. The maximum absolute atomic E-state index is 12.3. The Labute approximate surface area is 110 Å². The highest BCUT2D eigenvalue weighted by molar-refractivity contribution is 5.94. The zero-order valence-corrected chi connectivity index (χ0v) is 10.5. The van der Waals surface area contributed by atoms with E-state index < -0.39 is 0 Å². The van der Waals surface area contributed by atoms with Crippen LogP contribution < -0.4 is 0 Å². The van der Waals surface area contributed by atoms with E-state index in [1.807, 2.05) is 4.90 Å². The van der Waals surface area contributed by atoms with E-state index in [9.17, 15) is 14.7 Å². The number of hydrogen-bond donors (Lipinski definition) is 1. The zero-order chi connectivity index (χ0) is 13.4. The molecule has 0 spiro atoms. The summed E-state index contributed by atoms with van der Waals surface area (Å²) in [5, 5.41) is 9.36. The zero-order valence-electron chi connectivity index (χ0n) is 10.5. The fraction of sp³-hybridized carbons (Fsp3) is 0.462. The highest BCUT2D eigenvalue weighted by Gasteiger charge is 2.37. The van der Waals surface area contributed by atoms with E-state index in [2.05, 4.69) is 4.98 Å². The van der Waals surface area contributed by atoms with Crippen molar-refractivity contribution in [1.29, 1.82) is 0 Å². The van der Waals surface area contributed by atoms with Crippen molar-refractivity contribution in [3.05, 3.63) is 24.0 Å². The lowest BCUT2D eigenvalue weighted by molar-refractivity contribution is -0.130. The van der Waals surface area contributed by atoms with Gasteiger partial charge in [0.2, 0.25) is 5.91 Å². The summed E-state index contributed by atoms with van der Waals surface area (Å²) in [5.41, 5.74) is 0.387. The van der Waals surface area contributed by atoms with Gasteiger partial charge in [-0.05, 0) is 12.5 Å². The summed E-state index contributed by atoms with van der Waals surface area (Å²) < 4.78 is 0. The van der Waals surface area contributed by atoms with Crippen molar-refractivity contribution >= 4 is 11.8 Å². The lowest BCUT2D eigenvalue weighted by atomic mass is 10.1. The van der Waals surface area contributed by atoms with Gasteiger partial charge in [-0.3, -0.25) is 14.6 Å². The van der Waals surface area contributed by atoms with Crippen molar-refractivity contribution in [2.24, 2.45) is 0 Å². The number of hydrogen-bond acceptors (Lipinski definition) is 4. The Morgan fingerprint density at radius 2 is 2.21 bits per heavy atom. The van der Waals surface area contributed by atoms with Gasteiger partial charge in [0.15, 0.2) is 0 Å². The molecule has 2 aliphatic heterocycles. The monoisotopic (exact) mass is 261 g/mol. The second kappa shape index (κ2) is 4.53. The number of nitrogens with zero attached hydrogens (tertiary/aromatic N) is 3. The molecule has 3 rings (SSSR count). The predicted octanol–water partition coefficient (Wildman–Crippen LogP) is 0.234. The third-order valence-corrected chi connectivity index (χ3v) is 3.75. The first-order chi connectivity index (χ1) is 9.15. The molecule has 2 amide bonds. The summed E-state index contributed by atoms with van der Waals surface area (Å²) in [7, 11) is 0. The van der Waals surface area contributed by atoms with Crippen LogP contribution >= 0.6 is 0 Å². The molecule has 0 radical (unpaired) electrons. The Balaban J connectivity index is 1.74. The van der Waals surface area contributed by atoms with Gasteiger partial charge in [-0.25, -0.2) is 0 Å². The maximum atomic E-state index is 12.3. The Morgan fingerprint density at radius 1 is 1.37 bits per heavy atom.